The van der Waals surface area contributed by atoms with E-state index in [1.165, 1.54) is 12.1 Å². The molecular weight excluding hydrogens is 459 g/mol. The van der Waals surface area contributed by atoms with Crippen molar-refractivity contribution in [3.63, 3.8) is 0 Å². The number of carbonyl (C=O) groups excluding carboxylic acids is 1. The highest BCUT2D eigenvalue weighted by atomic mass is 79.9. The fourth-order valence-electron chi connectivity index (χ4n) is 3.27. The summed E-state index contributed by atoms with van der Waals surface area (Å²) in [5.74, 6) is -0.579. The number of amides is 1. The third-order valence-corrected chi connectivity index (χ3v) is 5.19. The lowest BCUT2D eigenvalue weighted by Gasteiger charge is -2.19. The van der Waals surface area contributed by atoms with Gasteiger partial charge in [-0.05, 0) is 77.3 Å². The van der Waals surface area contributed by atoms with E-state index in [0.717, 1.165) is 5.56 Å². The number of rotatable bonds is 8. The standard InChI is InChI=1S/C24H22BrFN4O/c1-4-7-21(16-12-13-27-23(25)14-16)29-24(31)19(5-2)20-15-28-30(22(20)6-3)18-10-8-17(26)9-11-18/h4-6,8-15,21H,1,3,7H2,2H3,(H,29,31)/b19-5+/t21-/m1/s1. The first kappa shape index (κ1) is 22.4. The van der Waals surface area contributed by atoms with Crippen molar-refractivity contribution in [2.75, 3.05) is 0 Å². The number of pyridine rings is 1. The zero-order valence-corrected chi connectivity index (χ0v) is 18.6. The molecule has 3 aromatic rings. The number of aromatic nitrogens is 3. The number of halogens is 2. The van der Waals surface area contributed by atoms with Crippen LogP contribution in [0, 0.1) is 5.82 Å². The van der Waals surface area contributed by atoms with Gasteiger partial charge in [0.25, 0.3) is 5.91 Å². The maximum atomic E-state index is 13.3. The summed E-state index contributed by atoms with van der Waals surface area (Å²) < 4.78 is 15.6. The maximum Gasteiger partial charge on any atom is 0.252 e. The van der Waals surface area contributed by atoms with Gasteiger partial charge in [0.1, 0.15) is 10.4 Å². The van der Waals surface area contributed by atoms with Crippen LogP contribution in [0.5, 0.6) is 0 Å². The minimum atomic E-state index is -0.333. The van der Waals surface area contributed by atoms with Gasteiger partial charge in [-0.25, -0.2) is 14.1 Å². The zero-order chi connectivity index (χ0) is 22.4. The summed E-state index contributed by atoms with van der Waals surface area (Å²) in [7, 11) is 0. The van der Waals surface area contributed by atoms with Gasteiger partial charge in [0, 0.05) is 17.3 Å². The van der Waals surface area contributed by atoms with Crippen molar-refractivity contribution in [2.24, 2.45) is 0 Å². The van der Waals surface area contributed by atoms with Gasteiger partial charge in [-0.2, -0.15) is 5.10 Å². The molecule has 1 aromatic carbocycles. The number of nitrogens with zero attached hydrogens (tertiary/aromatic N) is 3. The molecule has 2 aromatic heterocycles. The largest absolute Gasteiger partial charge is 0.345 e. The lowest BCUT2D eigenvalue weighted by Crippen LogP contribution is -2.29. The average molecular weight is 481 g/mol. The normalized spacial score (nSPS) is 12.3. The van der Waals surface area contributed by atoms with Crippen molar-refractivity contribution in [2.45, 2.75) is 19.4 Å². The van der Waals surface area contributed by atoms with Crippen LogP contribution in [0.2, 0.25) is 0 Å². The fraction of sp³-hybridized carbons (Fsp3) is 0.125. The van der Waals surface area contributed by atoms with E-state index in [1.807, 2.05) is 12.1 Å². The molecule has 2 heterocycles. The summed E-state index contributed by atoms with van der Waals surface area (Å²) in [4.78, 5) is 17.4. The number of nitrogens with one attached hydrogen (secondary N) is 1. The quantitative estimate of drug-likeness (QED) is 0.257. The van der Waals surface area contributed by atoms with Gasteiger partial charge < -0.3 is 5.32 Å². The summed E-state index contributed by atoms with van der Waals surface area (Å²) >= 11 is 3.37. The molecule has 31 heavy (non-hydrogen) atoms. The van der Waals surface area contributed by atoms with Crippen LogP contribution in [-0.4, -0.2) is 20.7 Å². The van der Waals surface area contributed by atoms with E-state index in [-0.39, 0.29) is 17.8 Å². The van der Waals surface area contributed by atoms with Crippen LogP contribution in [0.4, 0.5) is 4.39 Å². The monoisotopic (exact) mass is 480 g/mol. The first-order valence-corrected chi connectivity index (χ1v) is 10.4. The van der Waals surface area contributed by atoms with Crippen molar-refractivity contribution < 1.29 is 9.18 Å². The molecule has 3 rings (SSSR count). The number of allylic oxidation sites excluding steroid dienone is 1. The van der Waals surface area contributed by atoms with E-state index in [1.54, 1.807) is 54.4 Å². The summed E-state index contributed by atoms with van der Waals surface area (Å²) in [5, 5.41) is 7.47. The average Bonchev–Trinajstić information content (AvgIpc) is 3.18. The second-order valence-electron chi connectivity index (χ2n) is 6.70. The number of hydrogen-bond acceptors (Lipinski definition) is 3. The van der Waals surface area contributed by atoms with E-state index in [9.17, 15) is 9.18 Å². The van der Waals surface area contributed by atoms with Crippen LogP contribution in [0.3, 0.4) is 0 Å². The Labute approximate surface area is 189 Å². The van der Waals surface area contributed by atoms with Gasteiger partial charge in [-0.15, -0.1) is 6.58 Å². The summed E-state index contributed by atoms with van der Waals surface area (Å²) in [5.41, 5.74) is 3.32. The van der Waals surface area contributed by atoms with Crippen LogP contribution in [0.15, 0.2) is 78.7 Å². The molecule has 0 saturated heterocycles. The summed E-state index contributed by atoms with van der Waals surface area (Å²) in [6.07, 6.45) is 8.98. The predicted octanol–water partition coefficient (Wildman–Crippen LogP) is 5.65. The van der Waals surface area contributed by atoms with Gasteiger partial charge in [0.05, 0.1) is 23.6 Å². The molecule has 158 valence electrons. The van der Waals surface area contributed by atoms with Crippen molar-refractivity contribution in [1.82, 2.24) is 20.1 Å². The lowest BCUT2D eigenvalue weighted by atomic mass is 10.0. The Morgan fingerprint density at radius 3 is 2.65 bits per heavy atom. The molecule has 0 bridgehead atoms. The number of carbonyl (C=O) groups is 1. The molecule has 0 spiro atoms. The molecule has 0 aliphatic heterocycles. The Morgan fingerprint density at radius 1 is 1.29 bits per heavy atom. The molecule has 1 amide bonds. The van der Waals surface area contributed by atoms with E-state index >= 15 is 0 Å². The second-order valence-corrected chi connectivity index (χ2v) is 7.51. The van der Waals surface area contributed by atoms with Crippen molar-refractivity contribution in [3.8, 4) is 5.69 Å². The predicted molar refractivity (Wildman–Crippen MR) is 125 cm³/mol. The molecule has 0 unspecified atom stereocenters. The smallest absolute Gasteiger partial charge is 0.252 e. The lowest BCUT2D eigenvalue weighted by molar-refractivity contribution is -0.116. The Balaban J connectivity index is 1.92. The van der Waals surface area contributed by atoms with Gasteiger partial charge in [-0.3, -0.25) is 4.79 Å². The summed E-state index contributed by atoms with van der Waals surface area (Å²) in [6, 6.07) is 9.42. The van der Waals surface area contributed by atoms with Crippen molar-refractivity contribution >= 4 is 33.5 Å². The van der Waals surface area contributed by atoms with E-state index in [4.69, 9.17) is 0 Å². The van der Waals surface area contributed by atoms with Crippen LogP contribution >= 0.6 is 15.9 Å². The topological polar surface area (TPSA) is 59.8 Å². The highest BCUT2D eigenvalue weighted by Gasteiger charge is 2.21. The van der Waals surface area contributed by atoms with Crippen LogP contribution < -0.4 is 5.32 Å². The third kappa shape index (κ3) is 5.06. The first-order chi connectivity index (χ1) is 15.0. The van der Waals surface area contributed by atoms with Crippen LogP contribution in [0.1, 0.15) is 36.2 Å². The highest BCUT2D eigenvalue weighted by molar-refractivity contribution is 9.10. The molecule has 0 aliphatic rings. The molecule has 0 saturated carbocycles. The van der Waals surface area contributed by atoms with Crippen molar-refractivity contribution in [3.05, 3.63) is 101 Å². The molecule has 0 fully saturated rings. The van der Waals surface area contributed by atoms with Crippen LogP contribution in [-0.2, 0) is 4.79 Å². The fourth-order valence-corrected chi connectivity index (χ4v) is 3.66. The highest BCUT2D eigenvalue weighted by Crippen LogP contribution is 2.26. The molecule has 7 heteroatoms. The van der Waals surface area contributed by atoms with Crippen molar-refractivity contribution in [1.29, 1.82) is 0 Å². The SMILES string of the molecule is C=CC[C@@H](NC(=O)/C(=C/C)c1cnn(-c2ccc(F)cc2)c1C=C)c1ccnc(Br)c1. The Kier molecular flexibility index (Phi) is 7.31. The number of benzene rings is 1. The first-order valence-electron chi connectivity index (χ1n) is 9.64. The third-order valence-electron chi connectivity index (χ3n) is 4.76. The van der Waals surface area contributed by atoms with E-state index < -0.39 is 0 Å². The molecule has 0 radical (unpaired) electrons. The molecule has 1 atom stereocenters. The summed E-state index contributed by atoms with van der Waals surface area (Å²) in [6.45, 7) is 9.47. The molecule has 5 nitrogen and oxygen atoms in total. The molecular formula is C24H22BrFN4O. The van der Waals surface area contributed by atoms with Gasteiger partial charge in [-0.1, -0.05) is 18.7 Å². The minimum Gasteiger partial charge on any atom is -0.345 e. The maximum absolute atomic E-state index is 13.3. The molecule has 0 aliphatic carbocycles. The van der Waals surface area contributed by atoms with Gasteiger partial charge in [0.2, 0.25) is 0 Å². The second kappa shape index (κ2) is 10.1. The number of hydrogen-bond donors (Lipinski definition) is 1. The zero-order valence-electron chi connectivity index (χ0n) is 17.1. The minimum absolute atomic E-state index is 0.246. The van der Waals surface area contributed by atoms with E-state index in [0.29, 0.717) is 33.5 Å². The van der Waals surface area contributed by atoms with E-state index in [2.05, 4.69) is 44.5 Å². The molecule has 1 N–H and O–H groups in total. The Bertz CT molecular complexity index is 1130. The van der Waals surface area contributed by atoms with Gasteiger partial charge in [0.15, 0.2) is 0 Å². The Hall–Kier alpha value is -3.32. The Morgan fingerprint density at radius 2 is 2.03 bits per heavy atom. The van der Waals surface area contributed by atoms with Crippen LogP contribution in [0.25, 0.3) is 17.3 Å². The van der Waals surface area contributed by atoms with Gasteiger partial charge >= 0.3 is 0 Å².